The van der Waals surface area contributed by atoms with E-state index in [1.165, 1.54) is 4.90 Å². The van der Waals surface area contributed by atoms with Crippen molar-refractivity contribution < 1.29 is 54.5 Å². The minimum absolute atomic E-state index is 0.0566. The molecule has 202 valence electrons. The molecule has 12 atom stereocenters. The average molecular weight is 515 g/mol. The molecule has 0 aromatic heterocycles. The number of carbonyl (C=O) groups excluding carboxylic acids is 2. The zero-order chi connectivity index (χ0) is 25.7. The van der Waals surface area contributed by atoms with Gasteiger partial charge in [-0.25, -0.2) is 0 Å². The summed E-state index contributed by atoms with van der Waals surface area (Å²) in [5.74, 6) is -3.27. The van der Waals surface area contributed by atoms with Crippen molar-refractivity contribution in [2.24, 2.45) is 28.8 Å². The summed E-state index contributed by atoms with van der Waals surface area (Å²) >= 11 is 0. The van der Waals surface area contributed by atoms with Crippen LogP contribution in [-0.4, -0.2) is 122 Å². The van der Waals surface area contributed by atoms with Crippen molar-refractivity contribution in [2.45, 2.75) is 81.1 Å². The van der Waals surface area contributed by atoms with Crippen LogP contribution >= 0.6 is 0 Å². The molecule has 3 aliphatic heterocycles. The number of aliphatic hydroxyl groups is 6. The number of amides is 2. The summed E-state index contributed by atoms with van der Waals surface area (Å²) in [5.41, 5.74) is 0.339. The highest BCUT2D eigenvalue weighted by atomic mass is 16.8. The van der Waals surface area contributed by atoms with Gasteiger partial charge < -0.3 is 45.0 Å². The van der Waals surface area contributed by atoms with Gasteiger partial charge in [-0.15, -0.1) is 0 Å². The maximum Gasteiger partial charge on any atom is 0.256 e. The van der Waals surface area contributed by atoms with Gasteiger partial charge in [0.1, 0.15) is 24.4 Å². The summed E-state index contributed by atoms with van der Waals surface area (Å²) in [6.45, 7) is 0.151. The maximum absolute atomic E-state index is 13.4. The third kappa shape index (κ3) is 4.35. The molecule has 0 radical (unpaired) electrons. The molecule has 5 fully saturated rings. The van der Waals surface area contributed by atoms with Crippen LogP contribution in [-0.2, 0) is 23.9 Å². The highest BCUT2D eigenvalue weighted by Gasteiger charge is 2.60. The van der Waals surface area contributed by atoms with Crippen molar-refractivity contribution in [3.8, 4) is 0 Å². The van der Waals surface area contributed by atoms with E-state index in [4.69, 9.17) is 14.3 Å². The van der Waals surface area contributed by atoms with Crippen LogP contribution in [0.2, 0.25) is 0 Å². The summed E-state index contributed by atoms with van der Waals surface area (Å²) < 4.78 is 10.9. The van der Waals surface area contributed by atoms with Gasteiger partial charge in [-0.1, -0.05) is 5.16 Å². The van der Waals surface area contributed by atoms with Gasteiger partial charge >= 0.3 is 0 Å². The molecular weight excluding hydrogens is 480 g/mol. The number of imide groups is 1. The van der Waals surface area contributed by atoms with Crippen molar-refractivity contribution >= 4 is 17.5 Å². The molecule has 3 saturated heterocycles. The quantitative estimate of drug-likeness (QED) is 0.162. The van der Waals surface area contributed by atoms with Gasteiger partial charge in [0.05, 0.1) is 49.0 Å². The van der Waals surface area contributed by atoms with Crippen molar-refractivity contribution in [1.29, 1.82) is 0 Å². The molecule has 2 amide bonds. The normalized spacial score (nSPS) is 48.3. The molecule has 0 aromatic carbocycles. The third-order valence-corrected chi connectivity index (χ3v) is 8.40. The standard InChI is InChI=1S/C23H34N2O11/c26-8-14-18(29)19(30)20(31)23(35-14)36-24-12-6-13(27)17(28)15-10(12)3-4-11-16(15)22(33)25(21(11)32)7-9-2-1-5-34-9/h9-11,13-20,23,26-31H,1-8H2/t9-,10-,11+,13+,14+,15-,16+,17+,18+,19-,20+,23-/m0/s1. The first-order valence-corrected chi connectivity index (χ1v) is 12.6. The molecule has 2 aliphatic carbocycles. The van der Waals surface area contributed by atoms with Crippen LogP contribution < -0.4 is 0 Å². The van der Waals surface area contributed by atoms with E-state index in [0.717, 1.165) is 12.8 Å². The minimum Gasteiger partial charge on any atom is -0.394 e. The second kappa shape index (κ2) is 10.2. The molecule has 0 spiro atoms. The van der Waals surface area contributed by atoms with Gasteiger partial charge in [-0.05, 0) is 25.7 Å². The second-order valence-electron chi connectivity index (χ2n) is 10.5. The molecule has 0 bridgehead atoms. The van der Waals surface area contributed by atoms with E-state index < -0.39 is 73.2 Å². The number of oxime groups is 1. The molecule has 6 N–H and O–H groups in total. The number of aliphatic hydroxyl groups excluding tert-OH is 6. The van der Waals surface area contributed by atoms with Crippen molar-refractivity contribution in [1.82, 2.24) is 4.90 Å². The summed E-state index contributed by atoms with van der Waals surface area (Å²) in [6.07, 6.45) is -7.78. The van der Waals surface area contributed by atoms with Crippen LogP contribution in [0.15, 0.2) is 5.16 Å². The van der Waals surface area contributed by atoms with E-state index in [0.29, 0.717) is 25.2 Å². The van der Waals surface area contributed by atoms with E-state index >= 15 is 0 Å². The molecular formula is C23H34N2O11. The van der Waals surface area contributed by atoms with E-state index in [2.05, 4.69) is 5.16 Å². The van der Waals surface area contributed by atoms with Crippen LogP contribution in [0.3, 0.4) is 0 Å². The fourth-order valence-electron chi connectivity index (χ4n) is 6.49. The number of fused-ring (bicyclic) bond motifs is 3. The SMILES string of the molecule is O=C1[C@H]2[C@H]3[C@H](O)[C@H](O)CC(=NO[C@@H]4O[C@H](CO)[C@@H](O)[C@H](O)[C@H]4O)[C@@H]3CC[C@H]2C(=O)N1C[C@@H]1CCCO1. The average Bonchev–Trinajstić information content (AvgIpc) is 3.47. The van der Waals surface area contributed by atoms with E-state index in [-0.39, 0.29) is 30.9 Å². The summed E-state index contributed by atoms with van der Waals surface area (Å²) in [7, 11) is 0. The lowest BCUT2D eigenvalue weighted by atomic mass is 9.60. The van der Waals surface area contributed by atoms with Crippen LogP contribution in [0.1, 0.15) is 32.1 Å². The molecule has 13 nitrogen and oxygen atoms in total. The Bertz CT molecular complexity index is 878. The molecule has 0 aromatic rings. The minimum atomic E-state index is -1.65. The Hall–Kier alpha value is -1.71. The Morgan fingerprint density at radius 1 is 0.944 bits per heavy atom. The zero-order valence-corrected chi connectivity index (χ0v) is 19.7. The molecule has 2 saturated carbocycles. The van der Waals surface area contributed by atoms with Crippen LogP contribution in [0.4, 0.5) is 0 Å². The summed E-state index contributed by atoms with van der Waals surface area (Å²) in [4.78, 5) is 33.1. The number of carbonyl (C=O) groups is 2. The van der Waals surface area contributed by atoms with Gasteiger partial charge in [0.15, 0.2) is 0 Å². The molecule has 5 rings (SSSR count). The summed E-state index contributed by atoms with van der Waals surface area (Å²) in [5, 5.41) is 65.1. The highest BCUT2D eigenvalue weighted by molar-refractivity contribution is 6.06. The number of likely N-dealkylation sites (tertiary alicyclic amines) is 1. The molecule has 3 heterocycles. The lowest BCUT2D eigenvalue weighted by molar-refractivity contribution is -0.301. The van der Waals surface area contributed by atoms with Crippen LogP contribution in [0.25, 0.3) is 0 Å². The first kappa shape index (κ1) is 25.9. The Morgan fingerprint density at radius 3 is 2.39 bits per heavy atom. The van der Waals surface area contributed by atoms with E-state index in [9.17, 15) is 40.2 Å². The lowest BCUT2D eigenvalue weighted by Crippen LogP contribution is -2.59. The number of rotatable bonds is 5. The Kier molecular flexibility index (Phi) is 7.36. The van der Waals surface area contributed by atoms with Gasteiger partial charge in [-0.2, -0.15) is 0 Å². The Labute approximate surface area is 207 Å². The van der Waals surface area contributed by atoms with Crippen molar-refractivity contribution in [3.63, 3.8) is 0 Å². The lowest BCUT2D eigenvalue weighted by Gasteiger charge is -2.45. The Balaban J connectivity index is 1.35. The molecule has 13 heteroatoms. The molecule has 36 heavy (non-hydrogen) atoms. The fourth-order valence-corrected chi connectivity index (χ4v) is 6.49. The maximum atomic E-state index is 13.4. The fraction of sp³-hybridized carbons (Fsp3) is 0.870. The predicted octanol–water partition coefficient (Wildman–Crippen LogP) is -2.91. The zero-order valence-electron chi connectivity index (χ0n) is 19.7. The van der Waals surface area contributed by atoms with E-state index in [1.807, 2.05) is 0 Å². The highest BCUT2D eigenvalue weighted by Crippen LogP contribution is 2.49. The number of hydrogen-bond donors (Lipinski definition) is 6. The predicted molar refractivity (Wildman–Crippen MR) is 118 cm³/mol. The first-order chi connectivity index (χ1) is 17.2. The largest absolute Gasteiger partial charge is 0.394 e. The topological polar surface area (TPSA) is 199 Å². The van der Waals surface area contributed by atoms with Crippen LogP contribution in [0, 0.1) is 23.7 Å². The second-order valence-corrected chi connectivity index (χ2v) is 10.5. The van der Waals surface area contributed by atoms with Crippen molar-refractivity contribution in [2.75, 3.05) is 19.8 Å². The van der Waals surface area contributed by atoms with Gasteiger partial charge in [-0.3, -0.25) is 14.5 Å². The first-order valence-electron chi connectivity index (χ1n) is 12.6. The summed E-state index contributed by atoms with van der Waals surface area (Å²) in [6, 6.07) is 0. The molecule has 0 unspecified atom stereocenters. The Morgan fingerprint density at radius 2 is 1.69 bits per heavy atom. The molecule has 5 aliphatic rings. The third-order valence-electron chi connectivity index (χ3n) is 8.40. The number of ether oxygens (including phenoxy) is 2. The van der Waals surface area contributed by atoms with Gasteiger partial charge in [0.2, 0.25) is 11.8 Å². The number of nitrogens with zero attached hydrogens (tertiary/aromatic N) is 2. The van der Waals surface area contributed by atoms with E-state index in [1.54, 1.807) is 0 Å². The van der Waals surface area contributed by atoms with Crippen LogP contribution in [0.5, 0.6) is 0 Å². The smallest absolute Gasteiger partial charge is 0.256 e. The number of hydrogen-bond acceptors (Lipinski definition) is 12. The van der Waals surface area contributed by atoms with Crippen molar-refractivity contribution in [3.05, 3.63) is 0 Å². The van der Waals surface area contributed by atoms with Gasteiger partial charge in [0, 0.05) is 24.9 Å². The van der Waals surface area contributed by atoms with Gasteiger partial charge in [0.25, 0.3) is 6.29 Å². The monoisotopic (exact) mass is 514 g/mol.